The molecule has 0 aliphatic carbocycles. The van der Waals surface area contributed by atoms with Gasteiger partial charge in [-0.15, -0.1) is 4.91 Å². The van der Waals surface area contributed by atoms with Gasteiger partial charge in [-0.25, -0.2) is 4.98 Å². The first-order valence-electron chi connectivity index (χ1n) is 7.61. The van der Waals surface area contributed by atoms with Crippen LogP contribution in [0.5, 0.6) is 5.75 Å². The number of fused-ring (bicyclic) bond motifs is 1. The Morgan fingerprint density at radius 2 is 1.96 bits per heavy atom. The molecule has 0 fully saturated rings. The summed E-state index contributed by atoms with van der Waals surface area (Å²) in [6.45, 7) is 8.55. The predicted molar refractivity (Wildman–Crippen MR) is 91.5 cm³/mol. The lowest BCUT2D eigenvalue weighted by Crippen LogP contribution is -1.96. The molecule has 0 saturated carbocycles. The minimum atomic E-state index is 0.326. The highest BCUT2D eigenvalue weighted by Crippen LogP contribution is 2.36. The van der Waals surface area contributed by atoms with Crippen molar-refractivity contribution in [1.82, 2.24) is 9.38 Å². The normalized spacial score (nSPS) is 11.0. The SMILES string of the molecule is CCOc1cc(C)c(-c2nc3cc(C)ccn3c2N=O)cc1C. The molecule has 3 rings (SSSR count). The molecule has 2 heterocycles. The van der Waals surface area contributed by atoms with Crippen LogP contribution >= 0.6 is 0 Å². The van der Waals surface area contributed by atoms with E-state index in [2.05, 4.69) is 10.2 Å². The van der Waals surface area contributed by atoms with Crippen molar-refractivity contribution in [1.29, 1.82) is 0 Å². The molecule has 0 radical (unpaired) electrons. The molecule has 0 saturated heterocycles. The smallest absolute Gasteiger partial charge is 0.209 e. The average Bonchev–Trinajstić information content (AvgIpc) is 2.88. The Labute approximate surface area is 134 Å². The number of imidazole rings is 1. The fourth-order valence-corrected chi connectivity index (χ4v) is 2.76. The van der Waals surface area contributed by atoms with Crippen molar-refractivity contribution < 1.29 is 4.74 Å². The highest BCUT2D eigenvalue weighted by Gasteiger charge is 2.18. The molecule has 118 valence electrons. The van der Waals surface area contributed by atoms with Crippen LogP contribution in [0.2, 0.25) is 0 Å². The molecule has 0 N–H and O–H groups in total. The standard InChI is InChI=1S/C18H19N3O2/c1-5-23-15-10-12(3)14(9-13(15)4)17-18(20-22)21-7-6-11(2)8-16(21)19-17/h6-10H,5H2,1-4H3. The van der Waals surface area contributed by atoms with Crippen LogP contribution in [0.1, 0.15) is 23.6 Å². The lowest BCUT2D eigenvalue weighted by Gasteiger charge is -2.11. The van der Waals surface area contributed by atoms with Gasteiger partial charge in [0.25, 0.3) is 0 Å². The second-order valence-corrected chi connectivity index (χ2v) is 5.67. The third-order valence-electron chi connectivity index (χ3n) is 3.92. The summed E-state index contributed by atoms with van der Waals surface area (Å²) in [5.41, 5.74) is 5.34. The Bertz CT molecular complexity index is 897. The van der Waals surface area contributed by atoms with Gasteiger partial charge in [0.15, 0.2) is 0 Å². The maximum atomic E-state index is 11.4. The highest BCUT2D eigenvalue weighted by molar-refractivity contribution is 5.78. The van der Waals surface area contributed by atoms with E-state index in [1.54, 1.807) is 4.40 Å². The number of aryl methyl sites for hydroxylation is 3. The molecule has 5 heteroatoms. The number of rotatable bonds is 4. The highest BCUT2D eigenvalue weighted by atomic mass is 16.5. The number of benzene rings is 1. The quantitative estimate of drug-likeness (QED) is 0.655. The van der Waals surface area contributed by atoms with E-state index in [9.17, 15) is 4.91 Å². The predicted octanol–water partition coefficient (Wildman–Crippen LogP) is 4.72. The number of hydrogen-bond acceptors (Lipinski definition) is 4. The third-order valence-corrected chi connectivity index (χ3v) is 3.92. The maximum absolute atomic E-state index is 11.4. The number of aromatic nitrogens is 2. The van der Waals surface area contributed by atoms with Gasteiger partial charge in [0.2, 0.25) is 5.82 Å². The second kappa shape index (κ2) is 5.83. The molecule has 2 aromatic heterocycles. The average molecular weight is 309 g/mol. The largest absolute Gasteiger partial charge is 0.494 e. The first-order chi connectivity index (χ1) is 11.0. The Morgan fingerprint density at radius 3 is 2.65 bits per heavy atom. The van der Waals surface area contributed by atoms with E-state index in [1.807, 2.05) is 58.2 Å². The Kier molecular flexibility index (Phi) is 3.86. The summed E-state index contributed by atoms with van der Waals surface area (Å²) in [5, 5.41) is 3.21. The first kappa shape index (κ1) is 15.2. The van der Waals surface area contributed by atoms with Gasteiger partial charge < -0.3 is 4.74 Å². The topological polar surface area (TPSA) is 56.0 Å². The summed E-state index contributed by atoms with van der Waals surface area (Å²) < 4.78 is 7.35. The van der Waals surface area contributed by atoms with Crippen molar-refractivity contribution in [2.24, 2.45) is 5.18 Å². The molecule has 0 atom stereocenters. The monoisotopic (exact) mass is 309 g/mol. The maximum Gasteiger partial charge on any atom is 0.209 e. The van der Waals surface area contributed by atoms with Gasteiger partial charge in [-0.2, -0.15) is 0 Å². The second-order valence-electron chi connectivity index (χ2n) is 5.67. The number of nitroso groups, excluding NO2 is 1. The van der Waals surface area contributed by atoms with E-state index in [0.717, 1.165) is 33.7 Å². The molecule has 0 aliphatic heterocycles. The zero-order valence-corrected chi connectivity index (χ0v) is 13.8. The Hall–Kier alpha value is -2.69. The molecule has 0 aliphatic rings. The molecule has 0 bridgehead atoms. The van der Waals surface area contributed by atoms with E-state index in [4.69, 9.17) is 4.74 Å². The van der Waals surface area contributed by atoms with Gasteiger partial charge in [0.1, 0.15) is 17.1 Å². The van der Waals surface area contributed by atoms with Crippen LogP contribution in [0.25, 0.3) is 16.9 Å². The molecule has 5 nitrogen and oxygen atoms in total. The Morgan fingerprint density at radius 1 is 1.17 bits per heavy atom. The van der Waals surface area contributed by atoms with Gasteiger partial charge in [-0.1, -0.05) is 0 Å². The first-order valence-corrected chi connectivity index (χ1v) is 7.61. The summed E-state index contributed by atoms with van der Waals surface area (Å²) in [6.07, 6.45) is 1.83. The van der Waals surface area contributed by atoms with Crippen molar-refractivity contribution in [2.75, 3.05) is 6.61 Å². The van der Waals surface area contributed by atoms with Crippen LogP contribution in [-0.2, 0) is 0 Å². The fraction of sp³-hybridized carbons (Fsp3) is 0.278. The van der Waals surface area contributed by atoms with Gasteiger partial charge in [-0.3, -0.25) is 4.40 Å². The molecule has 0 spiro atoms. The van der Waals surface area contributed by atoms with Crippen LogP contribution < -0.4 is 4.74 Å². The molecule has 0 unspecified atom stereocenters. The van der Waals surface area contributed by atoms with Crippen molar-refractivity contribution >= 4 is 11.5 Å². The number of pyridine rings is 1. The van der Waals surface area contributed by atoms with E-state index in [0.29, 0.717) is 18.1 Å². The summed E-state index contributed by atoms with van der Waals surface area (Å²) in [4.78, 5) is 16.0. The van der Waals surface area contributed by atoms with Crippen molar-refractivity contribution in [2.45, 2.75) is 27.7 Å². The molecular weight excluding hydrogens is 290 g/mol. The molecule has 23 heavy (non-hydrogen) atoms. The van der Waals surface area contributed by atoms with Crippen molar-refractivity contribution in [3.8, 4) is 17.0 Å². The van der Waals surface area contributed by atoms with Gasteiger partial charge >= 0.3 is 0 Å². The summed E-state index contributed by atoms with van der Waals surface area (Å²) in [6, 6.07) is 7.86. The number of hydrogen-bond donors (Lipinski definition) is 0. The van der Waals surface area contributed by atoms with Gasteiger partial charge in [0.05, 0.1) is 6.61 Å². The van der Waals surface area contributed by atoms with Crippen molar-refractivity contribution in [3.63, 3.8) is 0 Å². The van der Waals surface area contributed by atoms with Crippen LogP contribution in [0, 0.1) is 25.7 Å². The van der Waals surface area contributed by atoms with Gasteiger partial charge in [0, 0.05) is 11.8 Å². The molecule has 3 aromatic rings. The lowest BCUT2D eigenvalue weighted by atomic mass is 10.0. The van der Waals surface area contributed by atoms with Crippen LogP contribution in [0.4, 0.5) is 5.82 Å². The van der Waals surface area contributed by atoms with Gasteiger partial charge in [-0.05, 0) is 73.8 Å². The lowest BCUT2D eigenvalue weighted by molar-refractivity contribution is 0.337. The van der Waals surface area contributed by atoms with E-state index >= 15 is 0 Å². The zero-order valence-electron chi connectivity index (χ0n) is 13.8. The van der Waals surface area contributed by atoms with Crippen LogP contribution in [-0.4, -0.2) is 16.0 Å². The minimum Gasteiger partial charge on any atom is -0.494 e. The number of nitrogens with zero attached hydrogens (tertiary/aromatic N) is 3. The molecular formula is C18H19N3O2. The summed E-state index contributed by atoms with van der Waals surface area (Å²) in [7, 11) is 0. The zero-order chi connectivity index (χ0) is 16.6. The van der Waals surface area contributed by atoms with Crippen LogP contribution in [0.15, 0.2) is 35.6 Å². The third kappa shape index (κ3) is 2.59. The fourth-order valence-electron chi connectivity index (χ4n) is 2.76. The summed E-state index contributed by atoms with van der Waals surface area (Å²) in [5.74, 6) is 1.18. The Balaban J connectivity index is 2.24. The van der Waals surface area contributed by atoms with E-state index < -0.39 is 0 Å². The van der Waals surface area contributed by atoms with Crippen LogP contribution in [0.3, 0.4) is 0 Å². The van der Waals surface area contributed by atoms with E-state index in [1.165, 1.54) is 0 Å². The van der Waals surface area contributed by atoms with Crippen molar-refractivity contribution in [3.05, 3.63) is 52.1 Å². The minimum absolute atomic E-state index is 0.326. The summed E-state index contributed by atoms with van der Waals surface area (Å²) >= 11 is 0. The number of ether oxygens (including phenoxy) is 1. The molecule has 0 amide bonds. The molecule has 1 aromatic carbocycles. The van der Waals surface area contributed by atoms with E-state index in [-0.39, 0.29) is 0 Å².